The van der Waals surface area contributed by atoms with Gasteiger partial charge >= 0.3 is 0 Å². The Bertz CT molecular complexity index is 880. The van der Waals surface area contributed by atoms with Gasteiger partial charge in [0, 0.05) is 19.2 Å². The van der Waals surface area contributed by atoms with Gasteiger partial charge in [0.1, 0.15) is 0 Å². The molecule has 0 fully saturated rings. The summed E-state index contributed by atoms with van der Waals surface area (Å²) >= 11 is 0. The van der Waals surface area contributed by atoms with Crippen LogP contribution in [0, 0.1) is 12.8 Å². The molecule has 4 N–H and O–H groups in total. The maximum absolute atomic E-state index is 12.0. The molecule has 1 aromatic heterocycles. The zero-order chi connectivity index (χ0) is 21.6. The number of anilines is 2. The SMILES string of the molecule is [CH2]C(=O)NC[C@H](C)c1cccc(Nc2nc(CC(C)C)c(CC)nc2C(N)=O)c1. The molecule has 2 amide bonds. The van der Waals surface area contributed by atoms with Crippen molar-refractivity contribution >= 4 is 23.3 Å². The first-order valence-corrected chi connectivity index (χ1v) is 9.87. The average molecular weight is 397 g/mol. The number of nitrogens with two attached hydrogens (primary N) is 1. The average Bonchev–Trinajstić information content (AvgIpc) is 2.65. The fourth-order valence-corrected chi connectivity index (χ4v) is 3.04. The molecule has 2 aromatic rings. The van der Waals surface area contributed by atoms with Gasteiger partial charge in [-0.1, -0.05) is 39.8 Å². The van der Waals surface area contributed by atoms with Gasteiger partial charge < -0.3 is 16.4 Å². The van der Waals surface area contributed by atoms with Crippen molar-refractivity contribution in [1.82, 2.24) is 15.3 Å². The summed E-state index contributed by atoms with van der Waals surface area (Å²) in [5, 5.41) is 5.93. The Labute approximate surface area is 172 Å². The minimum Gasteiger partial charge on any atom is -0.364 e. The van der Waals surface area contributed by atoms with Crippen LogP contribution in [0.25, 0.3) is 0 Å². The van der Waals surface area contributed by atoms with E-state index in [9.17, 15) is 9.59 Å². The maximum atomic E-state index is 12.0. The largest absolute Gasteiger partial charge is 0.364 e. The number of aromatic nitrogens is 2. The molecule has 7 heteroatoms. The molecule has 155 valence electrons. The van der Waals surface area contributed by atoms with Crippen LogP contribution in [0.5, 0.6) is 0 Å². The molecule has 1 aromatic carbocycles. The van der Waals surface area contributed by atoms with Gasteiger partial charge in [0.25, 0.3) is 5.91 Å². The highest BCUT2D eigenvalue weighted by molar-refractivity contribution is 5.96. The predicted molar refractivity (Wildman–Crippen MR) is 115 cm³/mol. The number of nitrogens with one attached hydrogen (secondary N) is 2. The van der Waals surface area contributed by atoms with E-state index in [0.29, 0.717) is 24.7 Å². The molecule has 0 aliphatic heterocycles. The first-order chi connectivity index (χ1) is 13.7. The van der Waals surface area contributed by atoms with Crippen LogP contribution in [0.4, 0.5) is 11.5 Å². The summed E-state index contributed by atoms with van der Waals surface area (Å²) < 4.78 is 0. The van der Waals surface area contributed by atoms with Crippen LogP contribution in [0.1, 0.15) is 61.1 Å². The lowest BCUT2D eigenvalue weighted by atomic mass is 10.0. The molecular weight excluding hydrogens is 366 g/mol. The zero-order valence-corrected chi connectivity index (χ0v) is 17.6. The lowest BCUT2D eigenvalue weighted by Crippen LogP contribution is -2.24. The number of carbonyl (C=O) groups excluding carboxylic acids is 2. The van der Waals surface area contributed by atoms with Crippen molar-refractivity contribution in [3.63, 3.8) is 0 Å². The van der Waals surface area contributed by atoms with Crippen molar-refractivity contribution in [3.8, 4) is 0 Å². The quantitative estimate of drug-likeness (QED) is 0.603. The number of hydrogen-bond donors (Lipinski definition) is 3. The molecule has 0 saturated heterocycles. The van der Waals surface area contributed by atoms with Gasteiger partial charge in [0.2, 0.25) is 5.91 Å². The summed E-state index contributed by atoms with van der Waals surface area (Å²) in [6.45, 7) is 12.0. The van der Waals surface area contributed by atoms with Crippen molar-refractivity contribution in [1.29, 1.82) is 0 Å². The van der Waals surface area contributed by atoms with Crippen molar-refractivity contribution in [2.75, 3.05) is 11.9 Å². The fourth-order valence-electron chi connectivity index (χ4n) is 3.04. The molecular formula is C22H30N5O2. The van der Waals surface area contributed by atoms with Crippen LogP contribution in [-0.2, 0) is 17.6 Å². The topological polar surface area (TPSA) is 110 Å². The highest BCUT2D eigenvalue weighted by atomic mass is 16.1. The van der Waals surface area contributed by atoms with Gasteiger partial charge in [-0.3, -0.25) is 9.59 Å². The first kappa shape index (κ1) is 22.3. The predicted octanol–water partition coefficient (Wildman–Crippen LogP) is 3.13. The lowest BCUT2D eigenvalue weighted by Gasteiger charge is -2.17. The Balaban J connectivity index is 2.36. The molecule has 0 spiro atoms. The van der Waals surface area contributed by atoms with E-state index in [0.717, 1.165) is 29.1 Å². The monoisotopic (exact) mass is 396 g/mol. The van der Waals surface area contributed by atoms with Gasteiger partial charge in [0.15, 0.2) is 11.5 Å². The minimum atomic E-state index is -0.617. The Morgan fingerprint density at radius 2 is 1.90 bits per heavy atom. The molecule has 0 aliphatic rings. The fraction of sp³-hybridized carbons (Fsp3) is 0.409. The van der Waals surface area contributed by atoms with Gasteiger partial charge in [-0.2, -0.15) is 0 Å². The summed E-state index contributed by atoms with van der Waals surface area (Å²) in [4.78, 5) is 32.2. The van der Waals surface area contributed by atoms with Gasteiger partial charge in [-0.25, -0.2) is 9.97 Å². The third-order valence-electron chi connectivity index (χ3n) is 4.54. The van der Waals surface area contributed by atoms with Gasteiger partial charge in [0.05, 0.1) is 11.4 Å². The molecule has 2 rings (SSSR count). The second-order valence-corrected chi connectivity index (χ2v) is 7.59. The van der Waals surface area contributed by atoms with E-state index in [-0.39, 0.29) is 17.5 Å². The van der Waals surface area contributed by atoms with Crippen LogP contribution < -0.4 is 16.4 Å². The van der Waals surface area contributed by atoms with Crippen LogP contribution in [0.3, 0.4) is 0 Å². The van der Waals surface area contributed by atoms with Gasteiger partial charge in [-0.05, 0) is 42.4 Å². The van der Waals surface area contributed by atoms with Crippen LogP contribution in [-0.4, -0.2) is 28.3 Å². The highest BCUT2D eigenvalue weighted by Gasteiger charge is 2.18. The van der Waals surface area contributed by atoms with Gasteiger partial charge in [-0.15, -0.1) is 0 Å². The smallest absolute Gasteiger partial charge is 0.271 e. The van der Waals surface area contributed by atoms with E-state index >= 15 is 0 Å². The second kappa shape index (κ2) is 10.0. The van der Waals surface area contributed by atoms with E-state index in [1.165, 1.54) is 0 Å². The van der Waals surface area contributed by atoms with E-state index in [2.05, 4.69) is 36.4 Å². The number of nitrogens with zero attached hydrogens (tertiary/aromatic N) is 2. The first-order valence-electron chi connectivity index (χ1n) is 9.87. The Morgan fingerprint density at radius 1 is 1.17 bits per heavy atom. The third-order valence-corrected chi connectivity index (χ3v) is 4.54. The van der Waals surface area contributed by atoms with Crippen LogP contribution in [0.2, 0.25) is 0 Å². The molecule has 1 atom stereocenters. The number of primary amides is 1. The number of benzene rings is 1. The van der Waals surface area contributed by atoms with Crippen molar-refractivity contribution in [2.45, 2.75) is 46.5 Å². The van der Waals surface area contributed by atoms with E-state index in [4.69, 9.17) is 10.7 Å². The van der Waals surface area contributed by atoms with E-state index in [1.54, 1.807) is 0 Å². The summed E-state index contributed by atoms with van der Waals surface area (Å²) in [5.41, 5.74) is 9.17. The minimum absolute atomic E-state index is 0.100. The summed E-state index contributed by atoms with van der Waals surface area (Å²) in [7, 11) is 0. The molecule has 7 nitrogen and oxygen atoms in total. The number of aryl methyl sites for hydroxylation is 1. The van der Waals surface area contributed by atoms with Crippen molar-refractivity contribution in [2.24, 2.45) is 11.7 Å². The highest BCUT2D eigenvalue weighted by Crippen LogP contribution is 2.24. The normalized spacial score (nSPS) is 11.9. The van der Waals surface area contributed by atoms with E-state index < -0.39 is 5.91 Å². The number of hydrogen-bond acceptors (Lipinski definition) is 5. The molecule has 0 saturated carbocycles. The summed E-state index contributed by atoms with van der Waals surface area (Å²) in [6, 6.07) is 7.74. The number of rotatable bonds is 9. The Morgan fingerprint density at radius 3 is 2.48 bits per heavy atom. The van der Waals surface area contributed by atoms with Crippen molar-refractivity contribution < 1.29 is 9.59 Å². The standard InChI is InChI=1S/C22H30N5O2/c1-6-18-19(10-13(2)3)27-22(20(26-18)21(23)29)25-17-9-7-8-16(11-17)14(4)12-24-15(5)28/h7-9,11,13-14H,5-6,10,12H2,1-4H3,(H2,23,29)(H,24,28)(H,25,27)/t14-/m0/s1. The number of carbonyl (C=O) groups is 2. The Kier molecular flexibility index (Phi) is 7.70. The second-order valence-electron chi connectivity index (χ2n) is 7.59. The molecule has 1 heterocycles. The molecule has 0 unspecified atom stereocenters. The summed E-state index contributed by atoms with van der Waals surface area (Å²) in [5.74, 6) is -0.0478. The van der Waals surface area contributed by atoms with Crippen LogP contribution in [0.15, 0.2) is 24.3 Å². The Hall–Kier alpha value is -2.96. The number of amides is 2. The maximum Gasteiger partial charge on any atom is 0.271 e. The third kappa shape index (κ3) is 6.27. The molecule has 29 heavy (non-hydrogen) atoms. The zero-order valence-electron chi connectivity index (χ0n) is 17.6. The molecule has 0 aliphatic carbocycles. The van der Waals surface area contributed by atoms with Crippen molar-refractivity contribution in [3.05, 3.63) is 53.8 Å². The molecule has 0 bridgehead atoms. The van der Waals surface area contributed by atoms with Crippen LogP contribution >= 0.6 is 0 Å². The summed E-state index contributed by atoms with van der Waals surface area (Å²) in [6.07, 6.45) is 1.45. The van der Waals surface area contributed by atoms with E-state index in [1.807, 2.05) is 38.1 Å². The molecule has 1 radical (unpaired) electrons. The lowest BCUT2D eigenvalue weighted by molar-refractivity contribution is -0.116.